The summed E-state index contributed by atoms with van der Waals surface area (Å²) >= 11 is 0. The molecule has 0 bridgehead atoms. The highest BCUT2D eigenvalue weighted by Crippen LogP contribution is 2.43. The molecule has 14 heteroatoms. The van der Waals surface area contributed by atoms with Gasteiger partial charge in [-0.25, -0.2) is 4.79 Å². The number of benzene rings is 2. The van der Waals surface area contributed by atoms with Crippen molar-refractivity contribution in [2.75, 3.05) is 0 Å². The molecular weight excluding hydrogens is 572 g/mol. The van der Waals surface area contributed by atoms with Gasteiger partial charge in [0.05, 0.1) is 16.5 Å². The lowest BCUT2D eigenvalue weighted by Gasteiger charge is -2.42. The summed E-state index contributed by atoms with van der Waals surface area (Å²) in [6, 6.07) is 8.53. The van der Waals surface area contributed by atoms with Crippen molar-refractivity contribution in [1.82, 2.24) is 0 Å². The third-order valence-electron chi connectivity index (χ3n) is 6.31. The van der Waals surface area contributed by atoms with E-state index in [4.69, 9.17) is 28.1 Å². The van der Waals surface area contributed by atoms with Crippen LogP contribution in [0.1, 0.15) is 39.4 Å². The second kappa shape index (κ2) is 12.4. The van der Waals surface area contributed by atoms with Gasteiger partial charge in [0.1, 0.15) is 35.6 Å². The summed E-state index contributed by atoms with van der Waals surface area (Å²) in [6.07, 6.45) is -8.00. The highest BCUT2D eigenvalue weighted by atomic mass is 16.6. The molecule has 14 nitrogen and oxygen atoms in total. The molecule has 0 unspecified atom stereocenters. The summed E-state index contributed by atoms with van der Waals surface area (Å²) in [4.78, 5) is 73.0. The Labute approximate surface area is 242 Å². The van der Waals surface area contributed by atoms with Crippen molar-refractivity contribution in [3.63, 3.8) is 0 Å². The van der Waals surface area contributed by atoms with Gasteiger partial charge in [-0.15, -0.1) is 0 Å². The number of rotatable bonds is 7. The molecule has 4 rings (SSSR count). The average Bonchev–Trinajstić information content (AvgIpc) is 2.90. The quantitative estimate of drug-likeness (QED) is 0.295. The van der Waals surface area contributed by atoms with E-state index in [0.29, 0.717) is 5.56 Å². The normalized spacial score (nSPS) is 21.5. The van der Waals surface area contributed by atoms with Crippen LogP contribution in [-0.2, 0) is 38.2 Å². The van der Waals surface area contributed by atoms with E-state index in [2.05, 4.69) is 0 Å². The van der Waals surface area contributed by atoms with Crippen LogP contribution in [0, 0.1) is 0 Å². The number of carbonyl (C=O) groups is 5. The molecule has 1 saturated heterocycles. The Morgan fingerprint density at radius 1 is 0.791 bits per heavy atom. The average molecular weight is 599 g/mol. The van der Waals surface area contributed by atoms with Gasteiger partial charge in [0.15, 0.2) is 18.3 Å². The summed E-state index contributed by atoms with van der Waals surface area (Å²) < 4.78 is 32.4. The number of carboxylic acid groups (broad SMARTS) is 1. The molecule has 1 aromatic heterocycles. The number of fused-ring (bicyclic) bond motifs is 1. The van der Waals surface area contributed by atoms with Crippen LogP contribution in [0.25, 0.3) is 22.1 Å². The molecule has 43 heavy (non-hydrogen) atoms. The monoisotopic (exact) mass is 598 g/mol. The maximum Gasteiger partial charge on any atom is 0.335 e. The summed E-state index contributed by atoms with van der Waals surface area (Å²) in [7, 11) is 0. The molecule has 0 radical (unpaired) electrons. The zero-order chi connectivity index (χ0) is 31.6. The van der Waals surface area contributed by atoms with Crippen LogP contribution in [-0.4, -0.2) is 64.5 Å². The Morgan fingerprint density at radius 3 is 1.95 bits per heavy atom. The van der Waals surface area contributed by atoms with Crippen LogP contribution >= 0.6 is 0 Å². The van der Waals surface area contributed by atoms with Crippen LogP contribution in [0.15, 0.2) is 51.9 Å². The summed E-state index contributed by atoms with van der Waals surface area (Å²) in [5.74, 6) is -4.82. The fourth-order valence-corrected chi connectivity index (χ4v) is 4.72. The number of esters is 4. The van der Waals surface area contributed by atoms with Crippen molar-refractivity contribution in [2.24, 2.45) is 0 Å². The lowest BCUT2D eigenvalue weighted by molar-refractivity contribution is -0.244. The maximum absolute atomic E-state index is 13.7. The van der Waals surface area contributed by atoms with Crippen molar-refractivity contribution in [3.05, 3.63) is 58.4 Å². The molecular formula is C29H26O14. The molecule has 1 aliphatic heterocycles. The third-order valence-corrected chi connectivity index (χ3v) is 6.31. The number of hydrogen-bond donors (Lipinski definition) is 2. The van der Waals surface area contributed by atoms with Gasteiger partial charge in [0.25, 0.3) is 0 Å². The van der Waals surface area contributed by atoms with E-state index in [1.807, 2.05) is 0 Å². The van der Waals surface area contributed by atoms with Crippen molar-refractivity contribution >= 4 is 40.8 Å². The first-order chi connectivity index (χ1) is 20.3. The predicted octanol–water partition coefficient (Wildman–Crippen LogP) is 2.06. The van der Waals surface area contributed by atoms with Gasteiger partial charge in [0.2, 0.25) is 5.43 Å². The second-order valence-electron chi connectivity index (χ2n) is 9.50. The molecule has 3 aromatic rings. The van der Waals surface area contributed by atoms with Gasteiger partial charge in [0, 0.05) is 27.7 Å². The van der Waals surface area contributed by atoms with Gasteiger partial charge < -0.3 is 38.3 Å². The highest BCUT2D eigenvalue weighted by Gasteiger charge is 2.53. The molecule has 5 atom stereocenters. The summed E-state index contributed by atoms with van der Waals surface area (Å²) in [5.41, 5.74) is -0.529. The number of aliphatic hydroxyl groups excluding tert-OH is 1. The Morgan fingerprint density at radius 2 is 1.40 bits per heavy atom. The van der Waals surface area contributed by atoms with E-state index in [1.54, 1.807) is 0 Å². The van der Waals surface area contributed by atoms with Crippen molar-refractivity contribution in [3.8, 4) is 22.6 Å². The van der Waals surface area contributed by atoms with Crippen molar-refractivity contribution < 1.29 is 62.3 Å². The van der Waals surface area contributed by atoms with E-state index in [1.165, 1.54) is 43.3 Å². The Kier molecular flexibility index (Phi) is 8.92. The highest BCUT2D eigenvalue weighted by molar-refractivity contribution is 5.87. The molecule has 2 aromatic carbocycles. The van der Waals surface area contributed by atoms with Crippen LogP contribution < -0.4 is 14.9 Å². The number of ether oxygens (including phenoxy) is 5. The van der Waals surface area contributed by atoms with E-state index in [0.717, 1.165) is 27.0 Å². The number of hydrogen-bond acceptors (Lipinski definition) is 13. The largest absolute Gasteiger partial charge is 0.479 e. The van der Waals surface area contributed by atoms with Gasteiger partial charge in [-0.1, -0.05) is 12.1 Å². The Bertz CT molecular complexity index is 1650. The van der Waals surface area contributed by atoms with E-state index in [9.17, 15) is 39.0 Å². The second-order valence-corrected chi connectivity index (χ2v) is 9.50. The van der Waals surface area contributed by atoms with E-state index < -0.39 is 65.8 Å². The topological polar surface area (TPSA) is 202 Å². The van der Waals surface area contributed by atoms with E-state index >= 15 is 0 Å². The lowest BCUT2D eigenvalue weighted by atomic mass is 9.89. The maximum atomic E-state index is 13.7. The van der Waals surface area contributed by atoms with Gasteiger partial charge >= 0.3 is 29.8 Å². The number of carbonyl (C=O) groups excluding carboxylic acids is 4. The number of aliphatic carboxylic acids is 1. The first kappa shape index (κ1) is 30.9. The van der Waals surface area contributed by atoms with Crippen LogP contribution in [0.5, 0.6) is 11.5 Å². The smallest absolute Gasteiger partial charge is 0.335 e. The van der Waals surface area contributed by atoms with Crippen LogP contribution in [0.2, 0.25) is 0 Å². The minimum Gasteiger partial charge on any atom is -0.479 e. The molecule has 2 heterocycles. The zero-order valence-electron chi connectivity index (χ0n) is 23.2. The molecule has 0 amide bonds. The minimum atomic E-state index is -2.01. The first-order valence-electron chi connectivity index (χ1n) is 12.7. The fourth-order valence-electron chi connectivity index (χ4n) is 4.72. The van der Waals surface area contributed by atoms with Crippen molar-refractivity contribution in [2.45, 2.75) is 58.2 Å². The molecule has 1 fully saturated rings. The van der Waals surface area contributed by atoms with Crippen LogP contribution in [0.4, 0.5) is 0 Å². The fraction of sp³-hybridized carbons (Fsp3) is 0.310. The SMILES string of the molecule is CC(=O)Oc1ccc(-c2coc3c([C@@H]4O[C@H](C(=O)O)[C@@H](O)[C@H](OC(C)=O)[C@H]4OC(C)=O)c(OC(C)=O)ccc3c2=O)cc1. The molecule has 0 saturated carbocycles. The zero-order valence-corrected chi connectivity index (χ0v) is 23.2. The molecule has 0 spiro atoms. The summed E-state index contributed by atoms with van der Waals surface area (Å²) in [5, 5.41) is 20.4. The van der Waals surface area contributed by atoms with E-state index in [-0.39, 0.29) is 33.6 Å². The van der Waals surface area contributed by atoms with Crippen molar-refractivity contribution in [1.29, 1.82) is 0 Å². The standard InChI is InChI=1S/C29H26O14/c1-12(30)39-17-7-5-16(6-8-17)19-11-38-24-18(22(19)34)9-10-20(40-13(2)31)21(24)25-28(42-15(4)33)26(41-14(3)32)23(35)27(43-25)29(36)37/h5-11,23,25-28,35H,1-4H3,(H,36,37)/t23-,25-,26-,27-,28-/m0/s1. The number of carboxylic acids is 1. The van der Waals surface area contributed by atoms with Gasteiger partial charge in [-0.05, 0) is 29.8 Å². The molecule has 1 aliphatic rings. The molecule has 226 valence electrons. The lowest BCUT2D eigenvalue weighted by Crippen LogP contribution is -2.59. The first-order valence-corrected chi connectivity index (χ1v) is 12.7. The van der Waals surface area contributed by atoms with Crippen LogP contribution in [0.3, 0.4) is 0 Å². The van der Waals surface area contributed by atoms with Gasteiger partial charge in [-0.3, -0.25) is 24.0 Å². The summed E-state index contributed by atoms with van der Waals surface area (Å²) in [6.45, 7) is 4.35. The number of aliphatic hydroxyl groups is 1. The molecule has 2 N–H and O–H groups in total. The molecule has 0 aliphatic carbocycles. The third kappa shape index (κ3) is 6.55. The Hall–Kier alpha value is -5.08. The predicted molar refractivity (Wildman–Crippen MR) is 143 cm³/mol. The Balaban J connectivity index is 1.95. The minimum absolute atomic E-state index is 0.0697. The van der Waals surface area contributed by atoms with Gasteiger partial charge in [-0.2, -0.15) is 0 Å².